The predicted molar refractivity (Wildman–Crippen MR) is 70.4 cm³/mol. The summed E-state index contributed by atoms with van der Waals surface area (Å²) in [7, 11) is 1.86. The minimum absolute atomic E-state index is 0.0185. The number of ether oxygens (including phenoxy) is 1. The molecule has 2 saturated carbocycles. The first-order valence-corrected chi connectivity index (χ1v) is 7.04. The molecule has 0 aromatic heterocycles. The Hall–Kier alpha value is -0.120. The van der Waals surface area contributed by atoms with Gasteiger partial charge in [-0.05, 0) is 49.9 Å². The number of nitrogens with one attached hydrogen (secondary N) is 1. The van der Waals surface area contributed by atoms with Crippen molar-refractivity contribution in [2.75, 3.05) is 7.11 Å². The zero-order valence-corrected chi connectivity index (χ0v) is 11.6. The molecular formula is C14H28N2O. The molecule has 3 N–H and O–H groups in total. The average Bonchev–Trinajstić information content (AvgIpc) is 2.25. The smallest absolute Gasteiger partial charge is 0.0847 e. The molecule has 17 heavy (non-hydrogen) atoms. The Morgan fingerprint density at radius 1 is 1.18 bits per heavy atom. The van der Waals surface area contributed by atoms with Gasteiger partial charge in [-0.2, -0.15) is 0 Å². The molecule has 2 rings (SSSR count). The molecule has 2 fully saturated rings. The minimum atomic E-state index is -0.0185. The van der Waals surface area contributed by atoms with E-state index < -0.39 is 0 Å². The van der Waals surface area contributed by atoms with Crippen LogP contribution in [0.25, 0.3) is 0 Å². The van der Waals surface area contributed by atoms with E-state index in [0.29, 0.717) is 11.5 Å². The molecule has 0 aromatic rings. The van der Waals surface area contributed by atoms with Gasteiger partial charge in [0.2, 0.25) is 0 Å². The Morgan fingerprint density at radius 2 is 1.76 bits per heavy atom. The summed E-state index contributed by atoms with van der Waals surface area (Å²) in [6.45, 7) is 4.72. The summed E-state index contributed by atoms with van der Waals surface area (Å²) < 4.78 is 5.94. The molecule has 0 heterocycles. The van der Waals surface area contributed by atoms with Gasteiger partial charge in [-0.15, -0.1) is 0 Å². The second kappa shape index (κ2) is 4.87. The molecule has 2 aliphatic carbocycles. The van der Waals surface area contributed by atoms with Gasteiger partial charge in [0.15, 0.2) is 0 Å². The molecule has 3 heteroatoms. The minimum Gasteiger partial charge on any atom is -0.377 e. The van der Waals surface area contributed by atoms with Crippen LogP contribution in [-0.4, -0.2) is 18.8 Å². The zero-order chi connectivity index (χ0) is 12.5. The molecule has 1 atom stereocenters. The summed E-state index contributed by atoms with van der Waals surface area (Å²) in [5.74, 6) is 6.54. The second-order valence-electron chi connectivity index (χ2n) is 6.77. The fraction of sp³-hybridized carbons (Fsp3) is 1.00. The number of rotatable bonds is 4. The van der Waals surface area contributed by atoms with Gasteiger partial charge in [-0.25, -0.2) is 0 Å². The second-order valence-corrected chi connectivity index (χ2v) is 6.77. The maximum Gasteiger partial charge on any atom is 0.0847 e. The van der Waals surface area contributed by atoms with Crippen molar-refractivity contribution in [2.24, 2.45) is 17.2 Å². The van der Waals surface area contributed by atoms with Crippen LogP contribution in [0.3, 0.4) is 0 Å². The highest BCUT2D eigenvalue weighted by atomic mass is 16.5. The largest absolute Gasteiger partial charge is 0.377 e. The van der Waals surface area contributed by atoms with Crippen molar-refractivity contribution in [3.63, 3.8) is 0 Å². The molecule has 2 aliphatic rings. The van der Waals surface area contributed by atoms with Gasteiger partial charge < -0.3 is 4.74 Å². The van der Waals surface area contributed by atoms with E-state index in [4.69, 9.17) is 10.6 Å². The summed E-state index contributed by atoms with van der Waals surface area (Å²) in [6, 6.07) is 0.345. The normalized spacial score (nSPS) is 29.6. The van der Waals surface area contributed by atoms with Crippen LogP contribution in [0.2, 0.25) is 0 Å². The third kappa shape index (κ3) is 2.51. The van der Waals surface area contributed by atoms with E-state index in [1.165, 1.54) is 32.1 Å². The number of nitrogens with two attached hydrogens (primary N) is 1. The lowest BCUT2D eigenvalue weighted by Gasteiger charge is -2.50. The number of hydrogen-bond donors (Lipinski definition) is 2. The van der Waals surface area contributed by atoms with Crippen molar-refractivity contribution in [3.05, 3.63) is 0 Å². The predicted octanol–water partition coefficient (Wildman–Crippen LogP) is 2.60. The van der Waals surface area contributed by atoms with Crippen LogP contribution >= 0.6 is 0 Å². The van der Waals surface area contributed by atoms with E-state index in [0.717, 1.165) is 18.8 Å². The van der Waals surface area contributed by atoms with Crippen LogP contribution in [-0.2, 0) is 4.74 Å². The van der Waals surface area contributed by atoms with Gasteiger partial charge in [0.25, 0.3) is 0 Å². The fourth-order valence-corrected chi connectivity index (χ4v) is 3.48. The summed E-state index contributed by atoms with van der Waals surface area (Å²) in [5, 5.41) is 0. The van der Waals surface area contributed by atoms with Gasteiger partial charge in [0, 0.05) is 7.11 Å². The summed E-state index contributed by atoms with van der Waals surface area (Å²) in [5.41, 5.74) is 3.52. The van der Waals surface area contributed by atoms with E-state index in [9.17, 15) is 0 Å². The van der Waals surface area contributed by atoms with Gasteiger partial charge in [0.05, 0.1) is 11.6 Å². The average molecular weight is 240 g/mol. The maximum atomic E-state index is 5.94. The Morgan fingerprint density at radius 3 is 2.12 bits per heavy atom. The van der Waals surface area contributed by atoms with Crippen molar-refractivity contribution in [1.29, 1.82) is 0 Å². The number of hydrazine groups is 1. The molecule has 3 nitrogen and oxygen atoms in total. The standard InChI is InChI=1S/C14H28N2O/c1-13(2)7-9-14(17-3,10-8-13)12(16-15)11-5-4-6-11/h11-12,16H,4-10,15H2,1-3H3. The van der Waals surface area contributed by atoms with Gasteiger partial charge >= 0.3 is 0 Å². The third-order valence-electron chi connectivity index (χ3n) is 5.22. The lowest BCUT2D eigenvalue weighted by Crippen LogP contribution is -2.61. The molecule has 0 saturated heterocycles. The molecule has 0 amide bonds. The Labute approximate surface area is 105 Å². The number of methoxy groups -OCH3 is 1. The van der Waals surface area contributed by atoms with Crippen molar-refractivity contribution < 1.29 is 4.74 Å². The lowest BCUT2D eigenvalue weighted by atomic mass is 9.63. The Kier molecular flexibility index (Phi) is 3.81. The van der Waals surface area contributed by atoms with E-state index in [2.05, 4.69) is 19.3 Å². The molecule has 0 aliphatic heterocycles. The van der Waals surface area contributed by atoms with E-state index in [1.54, 1.807) is 0 Å². The van der Waals surface area contributed by atoms with E-state index in [1.807, 2.05) is 7.11 Å². The summed E-state index contributed by atoms with van der Waals surface area (Å²) >= 11 is 0. The van der Waals surface area contributed by atoms with Crippen molar-refractivity contribution >= 4 is 0 Å². The van der Waals surface area contributed by atoms with Crippen molar-refractivity contribution in [1.82, 2.24) is 5.43 Å². The van der Waals surface area contributed by atoms with Gasteiger partial charge in [0.1, 0.15) is 0 Å². The molecule has 0 bridgehead atoms. The van der Waals surface area contributed by atoms with Crippen LogP contribution in [0, 0.1) is 11.3 Å². The molecular weight excluding hydrogens is 212 g/mol. The van der Waals surface area contributed by atoms with E-state index in [-0.39, 0.29) is 5.60 Å². The fourth-order valence-electron chi connectivity index (χ4n) is 3.48. The first-order chi connectivity index (χ1) is 8.03. The molecule has 1 unspecified atom stereocenters. The summed E-state index contributed by atoms with van der Waals surface area (Å²) in [6.07, 6.45) is 8.74. The SMILES string of the molecule is COC1(C(NN)C2CCC2)CCC(C)(C)CC1. The molecule has 0 radical (unpaired) electrons. The van der Waals surface area contributed by atoms with Crippen LogP contribution in [0.4, 0.5) is 0 Å². The van der Waals surface area contributed by atoms with Crippen LogP contribution in [0.15, 0.2) is 0 Å². The maximum absolute atomic E-state index is 5.94. The molecule has 100 valence electrons. The Bertz CT molecular complexity index is 251. The highest BCUT2D eigenvalue weighted by Crippen LogP contribution is 2.47. The summed E-state index contributed by atoms with van der Waals surface area (Å²) in [4.78, 5) is 0. The number of hydrogen-bond acceptors (Lipinski definition) is 3. The van der Waals surface area contributed by atoms with Crippen molar-refractivity contribution in [3.8, 4) is 0 Å². The van der Waals surface area contributed by atoms with Crippen LogP contribution in [0.1, 0.15) is 58.8 Å². The first kappa shape index (κ1) is 13.3. The van der Waals surface area contributed by atoms with Gasteiger partial charge in [-0.1, -0.05) is 20.3 Å². The third-order valence-corrected chi connectivity index (χ3v) is 5.22. The Balaban J connectivity index is 2.07. The first-order valence-electron chi connectivity index (χ1n) is 7.04. The molecule has 0 aromatic carbocycles. The van der Waals surface area contributed by atoms with Crippen LogP contribution < -0.4 is 11.3 Å². The van der Waals surface area contributed by atoms with Gasteiger partial charge in [-0.3, -0.25) is 11.3 Å². The monoisotopic (exact) mass is 240 g/mol. The molecule has 0 spiro atoms. The van der Waals surface area contributed by atoms with Crippen LogP contribution in [0.5, 0.6) is 0 Å². The highest BCUT2D eigenvalue weighted by molar-refractivity contribution is 5.02. The topological polar surface area (TPSA) is 47.3 Å². The zero-order valence-electron chi connectivity index (χ0n) is 11.6. The van der Waals surface area contributed by atoms with Crippen molar-refractivity contribution in [2.45, 2.75) is 70.4 Å². The lowest BCUT2D eigenvalue weighted by molar-refractivity contribution is -0.106. The van der Waals surface area contributed by atoms with E-state index >= 15 is 0 Å². The quantitative estimate of drug-likeness (QED) is 0.586. The highest BCUT2D eigenvalue weighted by Gasteiger charge is 2.47.